The number of hydrogen-bond donors (Lipinski definition) is 1. The minimum Gasteiger partial charge on any atom is -0.490 e. The summed E-state index contributed by atoms with van der Waals surface area (Å²) in [4.78, 5) is 0. The van der Waals surface area contributed by atoms with Crippen LogP contribution in [0.25, 0.3) is 0 Å². The van der Waals surface area contributed by atoms with Crippen molar-refractivity contribution in [3.63, 3.8) is 0 Å². The smallest absolute Gasteiger partial charge is 0.161 e. The van der Waals surface area contributed by atoms with Crippen LogP contribution in [0.4, 0.5) is 0 Å². The average Bonchev–Trinajstić information content (AvgIpc) is 2.42. The van der Waals surface area contributed by atoms with Gasteiger partial charge in [-0.15, -0.1) is 0 Å². The highest BCUT2D eigenvalue weighted by molar-refractivity contribution is 5.43. The first-order valence-corrected chi connectivity index (χ1v) is 7.33. The predicted octanol–water partition coefficient (Wildman–Crippen LogP) is 3.00. The summed E-state index contributed by atoms with van der Waals surface area (Å²) in [5.74, 6) is 1.57. The molecule has 1 aromatic rings. The Morgan fingerprint density at radius 1 is 1.20 bits per heavy atom. The van der Waals surface area contributed by atoms with E-state index in [2.05, 4.69) is 18.3 Å². The van der Waals surface area contributed by atoms with Crippen molar-refractivity contribution in [2.24, 2.45) is 0 Å². The van der Waals surface area contributed by atoms with Gasteiger partial charge in [-0.25, -0.2) is 0 Å². The SMILES string of the molecule is CCCNCc1ccc(OC(C)COC)c(OCC)c1. The molecule has 0 aromatic heterocycles. The van der Waals surface area contributed by atoms with Crippen LogP contribution in [-0.4, -0.2) is 33.0 Å². The maximum atomic E-state index is 5.85. The highest BCUT2D eigenvalue weighted by Crippen LogP contribution is 2.29. The lowest BCUT2D eigenvalue weighted by atomic mass is 10.2. The van der Waals surface area contributed by atoms with Crippen molar-refractivity contribution in [1.29, 1.82) is 0 Å². The quantitative estimate of drug-likeness (QED) is 0.669. The maximum absolute atomic E-state index is 5.85. The fraction of sp³-hybridized carbons (Fsp3) is 0.625. The lowest BCUT2D eigenvalue weighted by Gasteiger charge is -2.17. The van der Waals surface area contributed by atoms with Gasteiger partial charge in [0.25, 0.3) is 0 Å². The molecule has 0 bridgehead atoms. The number of rotatable bonds is 10. The number of ether oxygens (including phenoxy) is 3. The summed E-state index contributed by atoms with van der Waals surface area (Å²) in [6, 6.07) is 6.08. The Kier molecular flexibility index (Phi) is 8.07. The zero-order chi connectivity index (χ0) is 14.8. The van der Waals surface area contributed by atoms with Crippen molar-refractivity contribution in [2.75, 3.05) is 26.9 Å². The van der Waals surface area contributed by atoms with Gasteiger partial charge in [-0.05, 0) is 44.5 Å². The molecule has 20 heavy (non-hydrogen) atoms. The largest absolute Gasteiger partial charge is 0.490 e. The van der Waals surface area contributed by atoms with Gasteiger partial charge >= 0.3 is 0 Å². The summed E-state index contributed by atoms with van der Waals surface area (Å²) in [6.07, 6.45) is 1.14. The van der Waals surface area contributed by atoms with Crippen molar-refractivity contribution >= 4 is 0 Å². The molecule has 0 heterocycles. The first-order chi connectivity index (χ1) is 9.71. The molecule has 114 valence electrons. The summed E-state index contributed by atoms with van der Waals surface area (Å²) in [7, 11) is 1.67. The Morgan fingerprint density at radius 2 is 2.00 bits per heavy atom. The van der Waals surface area contributed by atoms with Gasteiger partial charge in [-0.2, -0.15) is 0 Å². The molecule has 1 N–H and O–H groups in total. The topological polar surface area (TPSA) is 39.7 Å². The molecule has 0 amide bonds. The predicted molar refractivity (Wildman–Crippen MR) is 81.6 cm³/mol. The van der Waals surface area contributed by atoms with Gasteiger partial charge in [0.2, 0.25) is 0 Å². The second-order valence-corrected chi connectivity index (χ2v) is 4.77. The highest BCUT2D eigenvalue weighted by Gasteiger charge is 2.10. The Morgan fingerprint density at radius 3 is 2.65 bits per heavy atom. The molecule has 4 nitrogen and oxygen atoms in total. The number of hydrogen-bond acceptors (Lipinski definition) is 4. The molecule has 0 spiro atoms. The Hall–Kier alpha value is -1.26. The van der Waals surface area contributed by atoms with Gasteiger partial charge < -0.3 is 19.5 Å². The molecule has 0 radical (unpaired) electrons. The second-order valence-electron chi connectivity index (χ2n) is 4.77. The van der Waals surface area contributed by atoms with Crippen LogP contribution in [0.3, 0.4) is 0 Å². The van der Waals surface area contributed by atoms with E-state index in [0.29, 0.717) is 13.2 Å². The van der Waals surface area contributed by atoms with E-state index in [0.717, 1.165) is 31.0 Å². The zero-order valence-corrected chi connectivity index (χ0v) is 13.1. The van der Waals surface area contributed by atoms with Gasteiger partial charge in [-0.1, -0.05) is 13.0 Å². The molecule has 0 aliphatic carbocycles. The van der Waals surface area contributed by atoms with Gasteiger partial charge in [0.15, 0.2) is 11.5 Å². The summed E-state index contributed by atoms with van der Waals surface area (Å²) < 4.78 is 16.6. The Balaban J connectivity index is 2.73. The van der Waals surface area contributed by atoms with Crippen molar-refractivity contribution in [2.45, 2.75) is 39.8 Å². The lowest BCUT2D eigenvalue weighted by molar-refractivity contribution is 0.0894. The molecular weight excluding hydrogens is 254 g/mol. The maximum Gasteiger partial charge on any atom is 0.161 e. The summed E-state index contributed by atoms with van der Waals surface area (Å²) in [6.45, 7) is 9.17. The van der Waals surface area contributed by atoms with Crippen LogP contribution in [0.15, 0.2) is 18.2 Å². The van der Waals surface area contributed by atoms with Gasteiger partial charge in [-0.3, -0.25) is 0 Å². The molecule has 0 saturated heterocycles. The van der Waals surface area contributed by atoms with Crippen LogP contribution >= 0.6 is 0 Å². The summed E-state index contributed by atoms with van der Waals surface area (Å²) in [5.41, 5.74) is 1.20. The third-order valence-corrected chi connectivity index (χ3v) is 2.79. The van der Waals surface area contributed by atoms with E-state index >= 15 is 0 Å². The average molecular weight is 281 g/mol. The van der Waals surface area contributed by atoms with Crippen LogP contribution in [0.2, 0.25) is 0 Å². The first-order valence-electron chi connectivity index (χ1n) is 7.33. The van der Waals surface area contributed by atoms with Crippen LogP contribution in [0, 0.1) is 0 Å². The number of nitrogens with one attached hydrogen (secondary N) is 1. The van der Waals surface area contributed by atoms with E-state index in [1.54, 1.807) is 7.11 Å². The van der Waals surface area contributed by atoms with Gasteiger partial charge in [0.05, 0.1) is 13.2 Å². The monoisotopic (exact) mass is 281 g/mol. The molecule has 1 rings (SSSR count). The lowest BCUT2D eigenvalue weighted by Crippen LogP contribution is -2.18. The molecule has 0 aliphatic rings. The van der Waals surface area contributed by atoms with E-state index in [1.165, 1.54) is 5.56 Å². The Bertz CT molecular complexity index is 382. The van der Waals surface area contributed by atoms with E-state index in [-0.39, 0.29) is 6.10 Å². The fourth-order valence-electron chi connectivity index (χ4n) is 1.92. The number of benzene rings is 1. The molecule has 0 aliphatic heterocycles. The normalized spacial score (nSPS) is 12.2. The summed E-state index contributed by atoms with van der Waals surface area (Å²) in [5, 5.41) is 3.38. The van der Waals surface area contributed by atoms with Crippen molar-refractivity contribution in [3.05, 3.63) is 23.8 Å². The van der Waals surface area contributed by atoms with Crippen molar-refractivity contribution < 1.29 is 14.2 Å². The molecule has 0 fully saturated rings. The molecule has 0 saturated carbocycles. The minimum atomic E-state index is 0.00303. The van der Waals surface area contributed by atoms with Crippen LogP contribution in [0.5, 0.6) is 11.5 Å². The van der Waals surface area contributed by atoms with E-state index in [4.69, 9.17) is 14.2 Å². The fourth-order valence-corrected chi connectivity index (χ4v) is 1.92. The zero-order valence-electron chi connectivity index (χ0n) is 13.1. The van der Waals surface area contributed by atoms with E-state index in [1.807, 2.05) is 26.0 Å². The summed E-state index contributed by atoms with van der Waals surface area (Å²) >= 11 is 0. The Labute approximate surface area is 122 Å². The highest BCUT2D eigenvalue weighted by atomic mass is 16.5. The third-order valence-electron chi connectivity index (χ3n) is 2.79. The van der Waals surface area contributed by atoms with Gasteiger partial charge in [0.1, 0.15) is 6.10 Å². The number of methoxy groups -OCH3 is 1. The molecule has 4 heteroatoms. The molecular formula is C16H27NO3. The molecule has 1 unspecified atom stereocenters. The van der Waals surface area contributed by atoms with Crippen LogP contribution < -0.4 is 14.8 Å². The van der Waals surface area contributed by atoms with E-state index < -0.39 is 0 Å². The second kappa shape index (κ2) is 9.61. The first kappa shape index (κ1) is 16.8. The van der Waals surface area contributed by atoms with Crippen molar-refractivity contribution in [3.8, 4) is 11.5 Å². The van der Waals surface area contributed by atoms with E-state index in [9.17, 15) is 0 Å². The van der Waals surface area contributed by atoms with Crippen molar-refractivity contribution in [1.82, 2.24) is 5.32 Å². The third kappa shape index (κ3) is 5.80. The molecule has 1 aromatic carbocycles. The standard InChI is InChI=1S/C16H27NO3/c1-5-9-17-11-14-7-8-15(16(10-14)19-6-2)20-13(3)12-18-4/h7-8,10,13,17H,5-6,9,11-12H2,1-4H3. The van der Waals surface area contributed by atoms with Crippen LogP contribution in [-0.2, 0) is 11.3 Å². The van der Waals surface area contributed by atoms with Crippen LogP contribution in [0.1, 0.15) is 32.8 Å². The molecule has 1 atom stereocenters. The van der Waals surface area contributed by atoms with Gasteiger partial charge in [0, 0.05) is 13.7 Å². The minimum absolute atomic E-state index is 0.00303.